The molecule has 0 aliphatic heterocycles. The van der Waals surface area contributed by atoms with E-state index in [-0.39, 0.29) is 0 Å². The third-order valence-electron chi connectivity index (χ3n) is 6.79. The molecule has 1 amide bonds. The monoisotopic (exact) mass is 650 g/mol. The SMILES string of the molecule is CCCCCCCCCCCCCCCCOCCOCCOCCOCCOCCOCCOCCNC(=O)OC(C)(C)C. The van der Waals surface area contributed by atoms with Crippen LogP contribution in [0, 0.1) is 0 Å². The van der Waals surface area contributed by atoms with Crippen molar-refractivity contribution in [1.29, 1.82) is 0 Å². The molecule has 0 aromatic heterocycles. The normalized spacial score (nSPS) is 11.7. The Bertz CT molecular complexity index is 590. The topological polar surface area (TPSA) is 103 Å². The molecule has 0 rings (SSSR count). The van der Waals surface area contributed by atoms with Crippen LogP contribution in [0.1, 0.15) is 118 Å². The van der Waals surface area contributed by atoms with Crippen LogP contribution >= 0.6 is 0 Å². The minimum atomic E-state index is -0.502. The molecule has 0 saturated carbocycles. The molecule has 0 bridgehead atoms. The van der Waals surface area contributed by atoms with E-state index in [2.05, 4.69) is 12.2 Å². The van der Waals surface area contributed by atoms with Crippen LogP contribution in [-0.2, 0) is 37.9 Å². The number of alkyl carbamates (subject to hydrolysis) is 1. The summed E-state index contributed by atoms with van der Waals surface area (Å²) in [6.07, 6.45) is 18.8. The Morgan fingerprint density at radius 1 is 0.422 bits per heavy atom. The fourth-order valence-electron chi connectivity index (χ4n) is 4.36. The van der Waals surface area contributed by atoms with Crippen LogP contribution in [0.4, 0.5) is 4.79 Å². The van der Waals surface area contributed by atoms with E-state index >= 15 is 0 Å². The van der Waals surface area contributed by atoms with Gasteiger partial charge in [0.05, 0.1) is 85.9 Å². The van der Waals surface area contributed by atoms with Gasteiger partial charge in [0.15, 0.2) is 0 Å². The van der Waals surface area contributed by atoms with E-state index in [4.69, 9.17) is 37.9 Å². The van der Waals surface area contributed by atoms with E-state index in [1.807, 2.05) is 20.8 Å². The first-order valence-corrected chi connectivity index (χ1v) is 18.0. The minimum Gasteiger partial charge on any atom is -0.444 e. The first-order valence-electron chi connectivity index (χ1n) is 18.0. The Hall–Kier alpha value is -1.01. The van der Waals surface area contributed by atoms with E-state index in [9.17, 15) is 4.79 Å². The molecule has 0 atom stereocenters. The maximum absolute atomic E-state index is 11.5. The maximum atomic E-state index is 11.5. The van der Waals surface area contributed by atoms with Gasteiger partial charge in [-0.15, -0.1) is 0 Å². The van der Waals surface area contributed by atoms with Crippen LogP contribution in [0.25, 0.3) is 0 Å². The Labute approximate surface area is 276 Å². The standard InChI is InChI=1S/C35H71NO9/c1-5-6-7-8-9-10-11-12-13-14-15-16-17-18-20-38-22-24-40-26-28-42-30-32-44-33-31-43-29-27-41-25-23-39-21-19-36-34(37)45-35(2,3)4/h5-33H2,1-4H3,(H,36,37). The van der Waals surface area contributed by atoms with Crippen LogP contribution in [0.3, 0.4) is 0 Å². The van der Waals surface area contributed by atoms with Crippen LogP contribution in [0.5, 0.6) is 0 Å². The van der Waals surface area contributed by atoms with Gasteiger partial charge in [0.2, 0.25) is 0 Å². The number of hydrogen-bond acceptors (Lipinski definition) is 9. The van der Waals surface area contributed by atoms with Crippen molar-refractivity contribution in [2.24, 2.45) is 0 Å². The molecule has 0 saturated heterocycles. The minimum absolute atomic E-state index is 0.395. The van der Waals surface area contributed by atoms with Crippen molar-refractivity contribution in [3.63, 3.8) is 0 Å². The smallest absolute Gasteiger partial charge is 0.407 e. The zero-order valence-electron chi connectivity index (χ0n) is 29.7. The van der Waals surface area contributed by atoms with Crippen LogP contribution in [0.15, 0.2) is 0 Å². The summed E-state index contributed by atoms with van der Waals surface area (Å²) >= 11 is 0. The largest absolute Gasteiger partial charge is 0.444 e. The van der Waals surface area contributed by atoms with Crippen LogP contribution in [-0.4, -0.2) is 111 Å². The van der Waals surface area contributed by atoms with Crippen molar-refractivity contribution >= 4 is 6.09 Å². The molecule has 0 radical (unpaired) electrons. The lowest BCUT2D eigenvalue weighted by Crippen LogP contribution is -2.34. The highest BCUT2D eigenvalue weighted by Gasteiger charge is 2.15. The second-order valence-electron chi connectivity index (χ2n) is 12.3. The summed E-state index contributed by atoms with van der Waals surface area (Å²) in [5.41, 5.74) is -0.502. The average molecular weight is 650 g/mol. The summed E-state index contributed by atoms with van der Waals surface area (Å²) in [6, 6.07) is 0. The summed E-state index contributed by atoms with van der Waals surface area (Å²) in [4.78, 5) is 11.5. The zero-order valence-corrected chi connectivity index (χ0v) is 29.7. The first-order chi connectivity index (χ1) is 22.0. The highest BCUT2D eigenvalue weighted by molar-refractivity contribution is 5.67. The average Bonchev–Trinajstić information content (AvgIpc) is 3.00. The van der Waals surface area contributed by atoms with E-state index in [1.165, 1.54) is 83.5 Å². The predicted octanol–water partition coefficient (Wildman–Crippen LogP) is 7.11. The lowest BCUT2D eigenvalue weighted by molar-refractivity contribution is -0.0205. The molecule has 270 valence electrons. The molecule has 10 heteroatoms. The van der Waals surface area contributed by atoms with Gasteiger partial charge in [-0.3, -0.25) is 0 Å². The number of carbonyl (C=O) groups excluding carboxylic acids is 1. The summed E-state index contributed by atoms with van der Waals surface area (Å²) < 4.78 is 43.7. The summed E-state index contributed by atoms with van der Waals surface area (Å²) in [6.45, 7) is 15.8. The summed E-state index contributed by atoms with van der Waals surface area (Å²) in [7, 11) is 0. The number of rotatable bonds is 36. The van der Waals surface area contributed by atoms with Crippen molar-refractivity contribution in [3.05, 3.63) is 0 Å². The van der Waals surface area contributed by atoms with E-state index in [0.717, 1.165) is 13.0 Å². The number of hydrogen-bond donors (Lipinski definition) is 1. The molecular weight excluding hydrogens is 578 g/mol. The van der Waals surface area contributed by atoms with Gasteiger partial charge < -0.3 is 43.2 Å². The third kappa shape index (κ3) is 41.0. The number of unbranched alkanes of at least 4 members (excludes halogenated alkanes) is 13. The molecule has 0 heterocycles. The van der Waals surface area contributed by atoms with E-state index in [1.54, 1.807) is 0 Å². The second kappa shape index (κ2) is 35.8. The molecule has 45 heavy (non-hydrogen) atoms. The van der Waals surface area contributed by atoms with Gasteiger partial charge in [0.1, 0.15) is 5.60 Å². The Balaban J connectivity index is 3.09. The highest BCUT2D eigenvalue weighted by atomic mass is 16.6. The molecule has 0 unspecified atom stereocenters. The van der Waals surface area contributed by atoms with Crippen molar-refractivity contribution in [3.8, 4) is 0 Å². The van der Waals surface area contributed by atoms with Gasteiger partial charge in [0.25, 0.3) is 0 Å². The van der Waals surface area contributed by atoms with Crippen LogP contribution < -0.4 is 5.32 Å². The molecule has 0 spiro atoms. The van der Waals surface area contributed by atoms with Crippen molar-refractivity contribution < 1.29 is 42.7 Å². The predicted molar refractivity (Wildman–Crippen MR) is 180 cm³/mol. The Kier molecular flexibility index (Phi) is 35.0. The van der Waals surface area contributed by atoms with Gasteiger partial charge >= 0.3 is 6.09 Å². The molecule has 1 N–H and O–H groups in total. The van der Waals surface area contributed by atoms with Gasteiger partial charge in [-0.25, -0.2) is 4.79 Å². The van der Waals surface area contributed by atoms with Gasteiger partial charge in [-0.05, 0) is 27.2 Å². The van der Waals surface area contributed by atoms with Gasteiger partial charge in [-0.1, -0.05) is 90.4 Å². The molecule has 0 fully saturated rings. The molecule has 0 aliphatic carbocycles. The van der Waals surface area contributed by atoms with Crippen molar-refractivity contribution in [2.45, 2.75) is 123 Å². The highest BCUT2D eigenvalue weighted by Crippen LogP contribution is 2.13. The van der Waals surface area contributed by atoms with E-state index < -0.39 is 11.7 Å². The molecule has 0 aliphatic rings. The molecule has 0 aromatic rings. The number of carbonyl (C=O) groups is 1. The molecule has 0 aromatic carbocycles. The Morgan fingerprint density at radius 2 is 0.711 bits per heavy atom. The van der Waals surface area contributed by atoms with E-state index in [0.29, 0.717) is 92.4 Å². The molecule has 10 nitrogen and oxygen atoms in total. The lowest BCUT2D eigenvalue weighted by Gasteiger charge is -2.19. The number of amides is 1. The second-order valence-corrected chi connectivity index (χ2v) is 12.3. The van der Waals surface area contributed by atoms with Gasteiger partial charge in [0, 0.05) is 13.2 Å². The third-order valence-corrected chi connectivity index (χ3v) is 6.79. The van der Waals surface area contributed by atoms with Crippen molar-refractivity contribution in [2.75, 3.05) is 99.0 Å². The van der Waals surface area contributed by atoms with Gasteiger partial charge in [-0.2, -0.15) is 0 Å². The summed E-state index contributed by atoms with van der Waals surface area (Å²) in [5, 5.41) is 2.64. The number of ether oxygens (including phenoxy) is 8. The van der Waals surface area contributed by atoms with Crippen molar-refractivity contribution in [1.82, 2.24) is 5.32 Å². The maximum Gasteiger partial charge on any atom is 0.407 e. The zero-order chi connectivity index (χ0) is 32.9. The summed E-state index contributed by atoms with van der Waals surface area (Å²) in [5.74, 6) is 0. The fraction of sp³-hybridized carbons (Fsp3) is 0.971. The fourth-order valence-corrected chi connectivity index (χ4v) is 4.36. The number of nitrogens with one attached hydrogen (secondary N) is 1. The van der Waals surface area contributed by atoms with Crippen LogP contribution in [0.2, 0.25) is 0 Å². The molecular formula is C35H71NO9. The Morgan fingerprint density at radius 3 is 1.04 bits per heavy atom. The first kappa shape index (κ1) is 44.0. The quantitative estimate of drug-likeness (QED) is 0.0712. The lowest BCUT2D eigenvalue weighted by atomic mass is 10.0.